The standard InChI is InChI=1S/C17H24F3N/c1-21-16(12-7-13-5-3-2-4-6-13)14-8-10-15(11-9-14)17(18,19)20/h8-11,13,16,21H,2-7,12H2,1H3. The molecule has 21 heavy (non-hydrogen) atoms. The number of benzene rings is 1. The zero-order valence-corrected chi connectivity index (χ0v) is 12.5. The molecule has 1 fully saturated rings. The lowest BCUT2D eigenvalue weighted by atomic mass is 9.84. The second-order valence-corrected chi connectivity index (χ2v) is 6.04. The lowest BCUT2D eigenvalue weighted by Gasteiger charge is -2.24. The van der Waals surface area contributed by atoms with Gasteiger partial charge in [-0.05, 0) is 43.5 Å². The van der Waals surface area contributed by atoms with Gasteiger partial charge in [-0.2, -0.15) is 13.2 Å². The van der Waals surface area contributed by atoms with Crippen LogP contribution in [0.15, 0.2) is 24.3 Å². The van der Waals surface area contributed by atoms with Gasteiger partial charge in [0.1, 0.15) is 0 Å². The molecule has 1 aromatic carbocycles. The van der Waals surface area contributed by atoms with Crippen LogP contribution >= 0.6 is 0 Å². The molecule has 118 valence electrons. The minimum atomic E-state index is -4.25. The molecule has 1 atom stereocenters. The number of halogens is 3. The molecule has 0 amide bonds. The van der Waals surface area contributed by atoms with Crippen molar-refractivity contribution in [2.75, 3.05) is 7.05 Å². The number of hydrogen-bond acceptors (Lipinski definition) is 1. The molecule has 0 heterocycles. The highest BCUT2D eigenvalue weighted by Gasteiger charge is 2.30. The van der Waals surface area contributed by atoms with Gasteiger partial charge in [-0.1, -0.05) is 44.2 Å². The molecule has 0 aromatic heterocycles. The maximum absolute atomic E-state index is 12.6. The van der Waals surface area contributed by atoms with Crippen LogP contribution in [-0.4, -0.2) is 7.05 Å². The lowest BCUT2D eigenvalue weighted by molar-refractivity contribution is -0.137. The Balaban J connectivity index is 1.93. The van der Waals surface area contributed by atoms with E-state index in [1.807, 2.05) is 7.05 Å². The summed E-state index contributed by atoms with van der Waals surface area (Å²) in [6.07, 6.45) is 4.52. The maximum Gasteiger partial charge on any atom is 0.416 e. The van der Waals surface area contributed by atoms with Crippen LogP contribution in [0.3, 0.4) is 0 Å². The van der Waals surface area contributed by atoms with Crippen molar-refractivity contribution in [3.63, 3.8) is 0 Å². The summed E-state index contributed by atoms with van der Waals surface area (Å²) in [5.74, 6) is 0.795. The number of nitrogens with one attached hydrogen (secondary N) is 1. The zero-order chi connectivity index (χ0) is 15.3. The second-order valence-electron chi connectivity index (χ2n) is 6.04. The average molecular weight is 299 g/mol. The molecule has 1 aromatic rings. The van der Waals surface area contributed by atoms with E-state index in [-0.39, 0.29) is 6.04 Å². The number of hydrogen-bond donors (Lipinski definition) is 1. The van der Waals surface area contributed by atoms with E-state index in [9.17, 15) is 13.2 Å². The Morgan fingerprint density at radius 1 is 1.10 bits per heavy atom. The summed E-state index contributed by atoms with van der Waals surface area (Å²) in [7, 11) is 1.88. The summed E-state index contributed by atoms with van der Waals surface area (Å²) in [5, 5.41) is 3.23. The minimum Gasteiger partial charge on any atom is -0.313 e. The van der Waals surface area contributed by atoms with E-state index in [4.69, 9.17) is 0 Å². The predicted octanol–water partition coefficient (Wildman–Crippen LogP) is 5.33. The molecule has 1 aliphatic rings. The van der Waals surface area contributed by atoms with Crippen molar-refractivity contribution in [2.45, 2.75) is 57.2 Å². The Hall–Kier alpha value is -1.03. The fraction of sp³-hybridized carbons (Fsp3) is 0.647. The first-order valence-electron chi connectivity index (χ1n) is 7.85. The fourth-order valence-corrected chi connectivity index (χ4v) is 3.26. The van der Waals surface area contributed by atoms with Crippen LogP contribution in [0.1, 0.15) is 62.1 Å². The normalized spacial score (nSPS) is 18.7. The molecule has 1 aliphatic carbocycles. The zero-order valence-electron chi connectivity index (χ0n) is 12.5. The van der Waals surface area contributed by atoms with Gasteiger partial charge in [0.05, 0.1) is 5.56 Å². The number of alkyl halides is 3. The smallest absolute Gasteiger partial charge is 0.313 e. The van der Waals surface area contributed by atoms with Crippen LogP contribution in [0.25, 0.3) is 0 Å². The van der Waals surface area contributed by atoms with Crippen molar-refractivity contribution in [1.29, 1.82) is 0 Å². The van der Waals surface area contributed by atoms with Gasteiger partial charge in [-0.15, -0.1) is 0 Å². The third kappa shape index (κ3) is 4.73. The van der Waals surface area contributed by atoms with Gasteiger partial charge in [0.15, 0.2) is 0 Å². The SMILES string of the molecule is CNC(CCC1CCCCC1)c1ccc(C(F)(F)F)cc1. The van der Waals surface area contributed by atoms with Gasteiger partial charge in [0.25, 0.3) is 0 Å². The lowest BCUT2D eigenvalue weighted by Crippen LogP contribution is -2.18. The van der Waals surface area contributed by atoms with Crippen molar-refractivity contribution in [3.05, 3.63) is 35.4 Å². The predicted molar refractivity (Wildman–Crippen MR) is 79.1 cm³/mol. The molecule has 0 saturated heterocycles. The molecule has 1 N–H and O–H groups in total. The molecule has 0 aliphatic heterocycles. The van der Waals surface area contributed by atoms with Gasteiger partial charge in [-0.3, -0.25) is 0 Å². The maximum atomic E-state index is 12.6. The van der Waals surface area contributed by atoms with Gasteiger partial charge in [0.2, 0.25) is 0 Å². The third-order valence-electron chi connectivity index (χ3n) is 4.58. The van der Waals surface area contributed by atoms with Gasteiger partial charge < -0.3 is 5.32 Å². The first-order chi connectivity index (χ1) is 10.0. The van der Waals surface area contributed by atoms with Crippen LogP contribution in [0.4, 0.5) is 13.2 Å². The quantitative estimate of drug-likeness (QED) is 0.775. The highest BCUT2D eigenvalue weighted by molar-refractivity contribution is 5.26. The van der Waals surface area contributed by atoms with E-state index in [1.165, 1.54) is 44.2 Å². The van der Waals surface area contributed by atoms with E-state index in [0.29, 0.717) is 0 Å². The van der Waals surface area contributed by atoms with Crippen molar-refractivity contribution < 1.29 is 13.2 Å². The first kappa shape index (κ1) is 16.3. The highest BCUT2D eigenvalue weighted by Crippen LogP contribution is 2.32. The van der Waals surface area contributed by atoms with Gasteiger partial charge in [0, 0.05) is 6.04 Å². The molecule has 4 heteroatoms. The molecular weight excluding hydrogens is 275 g/mol. The van der Waals surface area contributed by atoms with Crippen LogP contribution in [0.2, 0.25) is 0 Å². The summed E-state index contributed by atoms with van der Waals surface area (Å²) >= 11 is 0. The van der Waals surface area contributed by atoms with E-state index in [2.05, 4.69) is 5.32 Å². The third-order valence-corrected chi connectivity index (χ3v) is 4.58. The van der Waals surface area contributed by atoms with E-state index < -0.39 is 11.7 Å². The Bertz CT molecular complexity index is 419. The molecular formula is C17H24F3N. The van der Waals surface area contributed by atoms with Gasteiger partial charge >= 0.3 is 6.18 Å². The van der Waals surface area contributed by atoms with Crippen LogP contribution in [0.5, 0.6) is 0 Å². The minimum absolute atomic E-state index is 0.147. The second kappa shape index (κ2) is 7.30. The summed E-state index contributed by atoms with van der Waals surface area (Å²) in [5.41, 5.74) is 0.370. The molecule has 1 saturated carbocycles. The topological polar surface area (TPSA) is 12.0 Å². The van der Waals surface area contributed by atoms with Crippen LogP contribution in [0, 0.1) is 5.92 Å². The summed E-state index contributed by atoms with van der Waals surface area (Å²) in [6, 6.07) is 5.71. The van der Waals surface area contributed by atoms with Gasteiger partial charge in [-0.25, -0.2) is 0 Å². The van der Waals surface area contributed by atoms with Crippen molar-refractivity contribution in [2.24, 2.45) is 5.92 Å². The Kier molecular flexibility index (Phi) is 5.68. The molecule has 2 rings (SSSR count). The van der Waals surface area contributed by atoms with Crippen molar-refractivity contribution in [1.82, 2.24) is 5.32 Å². The monoisotopic (exact) mass is 299 g/mol. The number of rotatable bonds is 5. The molecule has 1 nitrogen and oxygen atoms in total. The largest absolute Gasteiger partial charge is 0.416 e. The highest BCUT2D eigenvalue weighted by atomic mass is 19.4. The Labute approximate surface area is 124 Å². The molecule has 0 spiro atoms. The van der Waals surface area contributed by atoms with E-state index in [1.54, 1.807) is 12.1 Å². The van der Waals surface area contributed by atoms with Crippen molar-refractivity contribution in [3.8, 4) is 0 Å². The molecule has 0 radical (unpaired) electrons. The van der Waals surface area contributed by atoms with Crippen LogP contribution in [-0.2, 0) is 6.18 Å². The van der Waals surface area contributed by atoms with Crippen LogP contribution < -0.4 is 5.32 Å². The summed E-state index contributed by atoms with van der Waals surface area (Å²) < 4.78 is 37.7. The average Bonchev–Trinajstić information content (AvgIpc) is 2.48. The molecule has 0 bridgehead atoms. The Morgan fingerprint density at radius 3 is 2.24 bits per heavy atom. The van der Waals surface area contributed by atoms with E-state index >= 15 is 0 Å². The van der Waals surface area contributed by atoms with Crippen molar-refractivity contribution >= 4 is 0 Å². The summed E-state index contributed by atoms with van der Waals surface area (Å²) in [6.45, 7) is 0. The van der Waals surface area contributed by atoms with E-state index in [0.717, 1.165) is 24.3 Å². The molecule has 1 unspecified atom stereocenters. The first-order valence-corrected chi connectivity index (χ1v) is 7.85. The summed E-state index contributed by atoms with van der Waals surface area (Å²) in [4.78, 5) is 0. The Morgan fingerprint density at radius 2 is 1.71 bits per heavy atom. The fourth-order valence-electron chi connectivity index (χ4n) is 3.26.